The Bertz CT molecular complexity index is 897. The van der Waals surface area contributed by atoms with Gasteiger partial charge in [-0.2, -0.15) is 0 Å². The van der Waals surface area contributed by atoms with E-state index in [-0.39, 0.29) is 5.91 Å². The summed E-state index contributed by atoms with van der Waals surface area (Å²) in [6.45, 7) is 1.83. The fraction of sp³-hybridized carbons (Fsp3) is 0.263. The average molecular weight is 355 g/mol. The van der Waals surface area contributed by atoms with Gasteiger partial charge in [-0.15, -0.1) is 0 Å². The SMILES string of the molecule is O=C(NN1CCCCC1)c1ccc2nc(-c3ccc(Cl)cc3)cn2c1. The van der Waals surface area contributed by atoms with E-state index in [4.69, 9.17) is 11.6 Å². The number of carbonyl (C=O) groups excluding carboxylic acids is 1. The molecule has 4 rings (SSSR count). The molecule has 1 fully saturated rings. The Morgan fingerprint density at radius 1 is 1.00 bits per heavy atom. The summed E-state index contributed by atoms with van der Waals surface area (Å²) in [5.41, 5.74) is 6.26. The molecule has 0 saturated carbocycles. The molecule has 0 bridgehead atoms. The van der Waals surface area contributed by atoms with Crippen molar-refractivity contribution in [3.05, 3.63) is 59.4 Å². The van der Waals surface area contributed by atoms with Gasteiger partial charge in [0.1, 0.15) is 5.65 Å². The van der Waals surface area contributed by atoms with E-state index >= 15 is 0 Å². The van der Waals surface area contributed by atoms with Gasteiger partial charge < -0.3 is 4.40 Å². The first kappa shape index (κ1) is 16.1. The van der Waals surface area contributed by atoms with Gasteiger partial charge >= 0.3 is 0 Å². The second kappa shape index (κ2) is 6.86. The minimum absolute atomic E-state index is 0.0782. The molecule has 6 heteroatoms. The normalized spacial score (nSPS) is 15.4. The van der Waals surface area contributed by atoms with Crippen molar-refractivity contribution in [1.82, 2.24) is 19.8 Å². The van der Waals surface area contributed by atoms with Crippen molar-refractivity contribution in [3.8, 4) is 11.3 Å². The molecular weight excluding hydrogens is 336 g/mol. The van der Waals surface area contributed by atoms with Gasteiger partial charge in [0.25, 0.3) is 5.91 Å². The van der Waals surface area contributed by atoms with E-state index in [2.05, 4.69) is 10.4 Å². The van der Waals surface area contributed by atoms with Gasteiger partial charge in [0.15, 0.2) is 0 Å². The zero-order valence-electron chi connectivity index (χ0n) is 13.8. The monoisotopic (exact) mass is 354 g/mol. The van der Waals surface area contributed by atoms with Crippen LogP contribution in [0, 0.1) is 0 Å². The second-order valence-corrected chi connectivity index (χ2v) is 6.74. The summed E-state index contributed by atoms with van der Waals surface area (Å²) in [7, 11) is 0. The van der Waals surface area contributed by atoms with E-state index < -0.39 is 0 Å². The Labute approximate surface area is 151 Å². The van der Waals surface area contributed by atoms with E-state index in [9.17, 15) is 4.79 Å². The lowest BCUT2D eigenvalue weighted by Crippen LogP contribution is -2.45. The summed E-state index contributed by atoms with van der Waals surface area (Å²) in [4.78, 5) is 17.1. The molecule has 0 atom stereocenters. The Morgan fingerprint density at radius 2 is 1.76 bits per heavy atom. The van der Waals surface area contributed by atoms with Crippen LogP contribution in [0.1, 0.15) is 29.6 Å². The van der Waals surface area contributed by atoms with Crippen LogP contribution in [-0.2, 0) is 0 Å². The number of carbonyl (C=O) groups is 1. The molecule has 1 aliphatic heterocycles. The topological polar surface area (TPSA) is 49.6 Å². The van der Waals surface area contributed by atoms with Crippen LogP contribution < -0.4 is 5.43 Å². The van der Waals surface area contributed by atoms with Gasteiger partial charge in [-0.25, -0.2) is 9.99 Å². The van der Waals surface area contributed by atoms with Crippen LogP contribution in [0.2, 0.25) is 5.02 Å². The molecule has 2 aromatic heterocycles. The predicted octanol–water partition coefficient (Wildman–Crippen LogP) is 3.79. The van der Waals surface area contributed by atoms with Gasteiger partial charge in [-0.1, -0.05) is 30.2 Å². The van der Waals surface area contributed by atoms with Crippen molar-refractivity contribution in [2.45, 2.75) is 19.3 Å². The molecule has 1 amide bonds. The summed E-state index contributed by atoms with van der Waals surface area (Å²) >= 11 is 5.94. The number of fused-ring (bicyclic) bond motifs is 1. The number of pyridine rings is 1. The molecule has 1 N–H and O–H groups in total. The van der Waals surface area contributed by atoms with Crippen LogP contribution >= 0.6 is 11.6 Å². The lowest BCUT2D eigenvalue weighted by Gasteiger charge is -2.26. The highest BCUT2D eigenvalue weighted by Crippen LogP contribution is 2.21. The maximum atomic E-state index is 12.5. The number of nitrogens with zero attached hydrogens (tertiary/aromatic N) is 3. The number of amides is 1. The van der Waals surface area contributed by atoms with Crippen LogP contribution in [0.25, 0.3) is 16.9 Å². The van der Waals surface area contributed by atoms with Crippen LogP contribution in [0.5, 0.6) is 0 Å². The number of aromatic nitrogens is 2. The molecule has 1 aliphatic rings. The molecule has 0 radical (unpaired) electrons. The summed E-state index contributed by atoms with van der Waals surface area (Å²) in [6.07, 6.45) is 7.24. The second-order valence-electron chi connectivity index (χ2n) is 6.30. The van der Waals surface area contributed by atoms with E-state index in [1.165, 1.54) is 6.42 Å². The third kappa shape index (κ3) is 3.52. The van der Waals surface area contributed by atoms with Crippen LogP contribution in [-0.4, -0.2) is 33.4 Å². The van der Waals surface area contributed by atoms with Crippen LogP contribution in [0.4, 0.5) is 0 Å². The van der Waals surface area contributed by atoms with Crippen molar-refractivity contribution in [3.63, 3.8) is 0 Å². The van der Waals surface area contributed by atoms with Gasteiger partial charge in [0.05, 0.1) is 11.3 Å². The maximum absolute atomic E-state index is 12.5. The summed E-state index contributed by atoms with van der Waals surface area (Å²) in [6, 6.07) is 11.2. The minimum atomic E-state index is -0.0782. The lowest BCUT2D eigenvalue weighted by molar-refractivity contribution is 0.0749. The summed E-state index contributed by atoms with van der Waals surface area (Å²) < 4.78 is 1.88. The summed E-state index contributed by atoms with van der Waals surface area (Å²) in [5, 5.41) is 2.70. The van der Waals surface area contributed by atoms with Gasteiger partial charge in [-0.3, -0.25) is 10.2 Å². The van der Waals surface area contributed by atoms with E-state index in [0.717, 1.165) is 42.8 Å². The van der Waals surface area contributed by atoms with Crippen LogP contribution in [0.15, 0.2) is 48.8 Å². The largest absolute Gasteiger partial charge is 0.306 e. The van der Waals surface area contributed by atoms with Crippen LogP contribution in [0.3, 0.4) is 0 Å². The zero-order chi connectivity index (χ0) is 17.2. The first-order chi connectivity index (χ1) is 12.2. The minimum Gasteiger partial charge on any atom is -0.306 e. The Balaban J connectivity index is 1.57. The third-order valence-electron chi connectivity index (χ3n) is 4.47. The van der Waals surface area contributed by atoms with E-state index in [1.54, 1.807) is 0 Å². The first-order valence-electron chi connectivity index (χ1n) is 8.50. The molecule has 3 aromatic rings. The zero-order valence-corrected chi connectivity index (χ0v) is 14.5. The summed E-state index contributed by atoms with van der Waals surface area (Å²) in [5.74, 6) is -0.0782. The molecule has 128 valence electrons. The van der Waals surface area contributed by atoms with Crippen molar-refractivity contribution in [2.24, 2.45) is 0 Å². The lowest BCUT2D eigenvalue weighted by atomic mass is 10.2. The number of nitrogens with one attached hydrogen (secondary N) is 1. The van der Waals surface area contributed by atoms with Gasteiger partial charge in [0, 0.05) is 36.1 Å². The number of benzene rings is 1. The van der Waals surface area contributed by atoms with Crippen molar-refractivity contribution in [2.75, 3.05) is 13.1 Å². The Morgan fingerprint density at radius 3 is 2.52 bits per heavy atom. The fourth-order valence-corrected chi connectivity index (χ4v) is 3.23. The Kier molecular flexibility index (Phi) is 4.42. The highest BCUT2D eigenvalue weighted by Gasteiger charge is 2.15. The molecule has 0 unspecified atom stereocenters. The predicted molar refractivity (Wildman–Crippen MR) is 98.5 cm³/mol. The molecule has 0 aliphatic carbocycles. The maximum Gasteiger partial charge on any atom is 0.267 e. The Hall–Kier alpha value is -2.37. The quantitative estimate of drug-likeness (QED) is 0.778. The standard InChI is InChI=1S/C19H19ClN4O/c20-16-7-4-14(5-8-16)17-13-23-12-15(6-9-18(23)21-17)19(25)22-24-10-2-1-3-11-24/h4-9,12-13H,1-3,10-11H2,(H,22,25). The number of hydrogen-bond acceptors (Lipinski definition) is 3. The molecule has 3 heterocycles. The highest BCUT2D eigenvalue weighted by atomic mass is 35.5. The molecule has 5 nitrogen and oxygen atoms in total. The molecule has 25 heavy (non-hydrogen) atoms. The first-order valence-corrected chi connectivity index (χ1v) is 8.87. The van der Waals surface area contributed by atoms with Crippen molar-refractivity contribution < 1.29 is 4.79 Å². The van der Waals surface area contributed by atoms with Gasteiger partial charge in [0.2, 0.25) is 0 Å². The molecule has 1 saturated heterocycles. The van der Waals surface area contributed by atoms with Crippen molar-refractivity contribution in [1.29, 1.82) is 0 Å². The fourth-order valence-electron chi connectivity index (χ4n) is 3.10. The molecular formula is C19H19ClN4O. The number of halogens is 1. The third-order valence-corrected chi connectivity index (χ3v) is 4.72. The molecule has 1 aromatic carbocycles. The highest BCUT2D eigenvalue weighted by molar-refractivity contribution is 6.30. The number of hydrogen-bond donors (Lipinski definition) is 1. The number of piperidine rings is 1. The smallest absolute Gasteiger partial charge is 0.267 e. The average Bonchev–Trinajstić information content (AvgIpc) is 3.06. The number of imidazole rings is 1. The van der Waals surface area contributed by atoms with Crippen molar-refractivity contribution >= 4 is 23.2 Å². The van der Waals surface area contributed by atoms with Gasteiger partial charge in [-0.05, 0) is 37.1 Å². The number of hydrazine groups is 1. The number of rotatable bonds is 3. The van der Waals surface area contributed by atoms with E-state index in [1.807, 2.05) is 58.2 Å². The van der Waals surface area contributed by atoms with E-state index in [0.29, 0.717) is 10.6 Å². The molecule has 0 spiro atoms.